The molecule has 3 heterocycles. The number of nitrogens with zero attached hydrogens (tertiary/aromatic N) is 4. The summed E-state index contributed by atoms with van der Waals surface area (Å²) in [7, 11) is 0. The number of hydrogen-bond acceptors (Lipinski definition) is 7. The lowest BCUT2D eigenvalue weighted by Crippen LogP contribution is -2.33. The van der Waals surface area contributed by atoms with Crippen molar-refractivity contribution in [1.29, 1.82) is 0 Å². The molecular weight excluding hydrogens is 339 g/mol. The standard InChI is InChI=1S/C15H14F3N5O2/c1-10-19-7-12(25-10)8-23-4-2-3-13(22-23)11-5-20-14(21-6-11)24-9-15(16,17)18/h2-7,22H,8-9H2,1H3. The number of nitrogens with one attached hydrogen (secondary N) is 1. The molecule has 3 rings (SSSR count). The minimum Gasteiger partial charge on any atom is -0.454 e. The Morgan fingerprint density at radius 2 is 1.96 bits per heavy atom. The van der Waals surface area contributed by atoms with E-state index in [0.717, 1.165) is 0 Å². The molecule has 7 nitrogen and oxygen atoms in total. The highest BCUT2D eigenvalue weighted by Crippen LogP contribution is 2.18. The van der Waals surface area contributed by atoms with Gasteiger partial charge in [-0.25, -0.2) is 15.0 Å². The third kappa shape index (κ3) is 4.72. The van der Waals surface area contributed by atoms with Crippen molar-refractivity contribution in [3.8, 4) is 6.01 Å². The van der Waals surface area contributed by atoms with Gasteiger partial charge in [-0.3, -0.25) is 10.4 Å². The van der Waals surface area contributed by atoms with Crippen LogP contribution in [0.1, 0.15) is 17.2 Å². The second-order valence-electron chi connectivity index (χ2n) is 5.17. The number of alkyl halides is 3. The summed E-state index contributed by atoms with van der Waals surface area (Å²) < 4.78 is 46.2. The molecule has 0 saturated carbocycles. The first kappa shape index (κ1) is 16.8. The molecule has 132 valence electrons. The van der Waals surface area contributed by atoms with Crippen molar-refractivity contribution in [2.24, 2.45) is 0 Å². The Morgan fingerprint density at radius 1 is 1.20 bits per heavy atom. The van der Waals surface area contributed by atoms with Crippen LogP contribution in [0, 0.1) is 6.92 Å². The summed E-state index contributed by atoms with van der Waals surface area (Å²) in [5, 5.41) is 1.77. The average Bonchev–Trinajstić information content (AvgIpc) is 2.98. The zero-order valence-corrected chi connectivity index (χ0v) is 13.1. The van der Waals surface area contributed by atoms with E-state index in [0.29, 0.717) is 29.5 Å². The second kappa shape index (κ2) is 6.83. The lowest BCUT2D eigenvalue weighted by Gasteiger charge is -2.25. The van der Waals surface area contributed by atoms with Crippen LogP contribution < -0.4 is 10.2 Å². The van der Waals surface area contributed by atoms with Crippen molar-refractivity contribution in [3.05, 3.63) is 54.2 Å². The van der Waals surface area contributed by atoms with Crippen LogP contribution in [0.5, 0.6) is 6.01 Å². The van der Waals surface area contributed by atoms with E-state index >= 15 is 0 Å². The molecule has 1 N–H and O–H groups in total. The number of halogens is 3. The van der Waals surface area contributed by atoms with Crippen LogP contribution in [0.25, 0.3) is 5.70 Å². The number of rotatable bonds is 5. The largest absolute Gasteiger partial charge is 0.454 e. The summed E-state index contributed by atoms with van der Waals surface area (Å²) in [4.78, 5) is 11.6. The lowest BCUT2D eigenvalue weighted by atomic mass is 10.2. The average molecular weight is 353 g/mol. The van der Waals surface area contributed by atoms with Gasteiger partial charge in [-0.1, -0.05) is 0 Å². The van der Waals surface area contributed by atoms with Crippen LogP contribution in [-0.2, 0) is 6.54 Å². The molecule has 2 aromatic rings. The van der Waals surface area contributed by atoms with Crippen molar-refractivity contribution in [2.75, 3.05) is 6.61 Å². The van der Waals surface area contributed by atoms with Gasteiger partial charge in [0.05, 0.1) is 18.4 Å². The smallest absolute Gasteiger partial charge is 0.422 e. The van der Waals surface area contributed by atoms with Crippen LogP contribution in [0.15, 0.2) is 41.4 Å². The van der Waals surface area contributed by atoms with E-state index in [1.54, 1.807) is 24.2 Å². The van der Waals surface area contributed by atoms with E-state index in [1.807, 2.05) is 12.3 Å². The zero-order chi connectivity index (χ0) is 17.9. The Morgan fingerprint density at radius 3 is 2.60 bits per heavy atom. The van der Waals surface area contributed by atoms with Gasteiger partial charge in [0.15, 0.2) is 12.5 Å². The molecule has 0 unspecified atom stereocenters. The van der Waals surface area contributed by atoms with Gasteiger partial charge < -0.3 is 9.15 Å². The van der Waals surface area contributed by atoms with Crippen molar-refractivity contribution < 1.29 is 22.3 Å². The normalized spacial score (nSPS) is 14.2. The van der Waals surface area contributed by atoms with E-state index in [4.69, 9.17) is 4.42 Å². The fourth-order valence-corrected chi connectivity index (χ4v) is 2.05. The van der Waals surface area contributed by atoms with Crippen LogP contribution in [0.3, 0.4) is 0 Å². The van der Waals surface area contributed by atoms with E-state index in [2.05, 4.69) is 25.1 Å². The zero-order valence-electron chi connectivity index (χ0n) is 13.1. The number of allylic oxidation sites excluding steroid dienone is 2. The van der Waals surface area contributed by atoms with Gasteiger partial charge in [-0.2, -0.15) is 13.2 Å². The number of hydrazine groups is 1. The molecule has 1 aliphatic rings. The van der Waals surface area contributed by atoms with Gasteiger partial charge in [-0.05, 0) is 12.2 Å². The first-order valence-electron chi connectivity index (χ1n) is 7.24. The fourth-order valence-electron chi connectivity index (χ4n) is 2.05. The topological polar surface area (TPSA) is 76.3 Å². The monoisotopic (exact) mass is 353 g/mol. The Hall–Kier alpha value is -3.04. The van der Waals surface area contributed by atoms with Crippen LogP contribution in [0.2, 0.25) is 0 Å². The molecule has 0 bridgehead atoms. The molecular formula is C15H14F3N5O2. The second-order valence-corrected chi connectivity index (χ2v) is 5.17. The Kier molecular flexibility index (Phi) is 4.59. The molecule has 0 radical (unpaired) electrons. The quantitative estimate of drug-likeness (QED) is 0.885. The predicted octanol–water partition coefficient (Wildman–Crippen LogP) is 2.59. The maximum atomic E-state index is 12.1. The first-order chi connectivity index (χ1) is 11.9. The molecule has 0 atom stereocenters. The molecule has 0 aromatic carbocycles. The van der Waals surface area contributed by atoms with Crippen LogP contribution >= 0.6 is 0 Å². The van der Waals surface area contributed by atoms with E-state index in [9.17, 15) is 13.2 Å². The third-order valence-electron chi connectivity index (χ3n) is 3.09. The number of oxazole rings is 1. The molecule has 1 aliphatic heterocycles. The number of hydrogen-bond donors (Lipinski definition) is 1. The summed E-state index contributed by atoms with van der Waals surface area (Å²) in [5.41, 5.74) is 4.40. The van der Waals surface area contributed by atoms with Crippen molar-refractivity contribution in [3.63, 3.8) is 0 Å². The molecule has 0 saturated heterocycles. The maximum Gasteiger partial charge on any atom is 0.422 e. The molecule has 0 aliphatic carbocycles. The Balaban J connectivity index is 1.61. The fraction of sp³-hybridized carbons (Fsp3) is 0.267. The van der Waals surface area contributed by atoms with Gasteiger partial charge in [0.25, 0.3) is 0 Å². The SMILES string of the molecule is Cc1ncc(CN2C=CC=C(c3cnc(OCC(F)(F)F)nc3)N2)o1. The van der Waals surface area contributed by atoms with Gasteiger partial charge in [0.2, 0.25) is 0 Å². The summed E-state index contributed by atoms with van der Waals surface area (Å²) in [6.45, 7) is 0.775. The lowest BCUT2D eigenvalue weighted by molar-refractivity contribution is -0.154. The van der Waals surface area contributed by atoms with E-state index in [-0.39, 0.29) is 6.01 Å². The van der Waals surface area contributed by atoms with Gasteiger partial charge >= 0.3 is 12.2 Å². The third-order valence-corrected chi connectivity index (χ3v) is 3.09. The van der Waals surface area contributed by atoms with Gasteiger partial charge in [-0.15, -0.1) is 0 Å². The molecule has 10 heteroatoms. The molecule has 0 spiro atoms. The Labute approximate surface area is 140 Å². The van der Waals surface area contributed by atoms with E-state index < -0.39 is 12.8 Å². The van der Waals surface area contributed by atoms with Gasteiger partial charge in [0.1, 0.15) is 5.76 Å². The van der Waals surface area contributed by atoms with Crippen LogP contribution in [-0.4, -0.2) is 32.7 Å². The highest BCUT2D eigenvalue weighted by atomic mass is 19.4. The van der Waals surface area contributed by atoms with Gasteiger partial charge in [0, 0.05) is 31.1 Å². The molecule has 2 aromatic heterocycles. The highest BCUT2D eigenvalue weighted by Gasteiger charge is 2.29. The molecule has 0 fully saturated rings. The van der Waals surface area contributed by atoms with Crippen molar-refractivity contribution >= 4 is 5.70 Å². The number of aromatic nitrogens is 3. The maximum absolute atomic E-state index is 12.1. The summed E-state index contributed by atoms with van der Waals surface area (Å²) in [6, 6.07) is -0.331. The first-order valence-corrected chi connectivity index (χ1v) is 7.24. The summed E-state index contributed by atoms with van der Waals surface area (Å²) in [5.74, 6) is 1.26. The summed E-state index contributed by atoms with van der Waals surface area (Å²) >= 11 is 0. The van der Waals surface area contributed by atoms with Crippen LogP contribution in [0.4, 0.5) is 13.2 Å². The molecule has 25 heavy (non-hydrogen) atoms. The number of aryl methyl sites for hydroxylation is 1. The predicted molar refractivity (Wildman–Crippen MR) is 80.6 cm³/mol. The van der Waals surface area contributed by atoms with Crippen molar-refractivity contribution in [1.82, 2.24) is 25.4 Å². The Bertz CT molecular complexity index is 783. The highest BCUT2D eigenvalue weighted by molar-refractivity contribution is 5.64. The van der Waals surface area contributed by atoms with E-state index in [1.165, 1.54) is 12.4 Å². The minimum absolute atomic E-state index is 0.331. The summed E-state index contributed by atoms with van der Waals surface area (Å²) in [6.07, 6.45) is 5.38. The van der Waals surface area contributed by atoms with Crippen molar-refractivity contribution in [2.45, 2.75) is 19.6 Å². The molecule has 0 amide bonds. The minimum atomic E-state index is -4.43. The number of ether oxygens (including phenoxy) is 1.